The molecule has 0 bridgehead atoms. The quantitative estimate of drug-likeness (QED) is 0.0388. The summed E-state index contributed by atoms with van der Waals surface area (Å²) < 4.78 is 40.7. The van der Waals surface area contributed by atoms with E-state index in [1.807, 2.05) is 236 Å². The van der Waals surface area contributed by atoms with Gasteiger partial charge in [0.15, 0.2) is 0 Å². The highest BCUT2D eigenvalue weighted by Gasteiger charge is 2.43. The number of hydrogen-bond acceptors (Lipinski definition) is 15. The SMILES string of the molecule is CC(O)(Cc1cccc(Br)c1)c1ccsc1-c1cccs1.CC(O)(Cc1cccc(C(F)(F)F)c1)c1ccsc1-c1cccs1.CC(O)(Cc1ccccc1Br)c1ccsc1-c1cccs1.OC(/C=C/c1ccccc1)(/C=C/c1ccccc1)c1ccsc1-c1cccs1.OC(CBr)(c1ccsc1-c1cccs1)C(c1ccccc1)c1ccccc1. The van der Waals surface area contributed by atoms with Crippen LogP contribution in [0, 0.1) is 0 Å². The normalized spacial score (nSPS) is 13.6. The third-order valence-corrected chi connectivity index (χ3v) is 32.0. The molecule has 0 amide bonds. The highest BCUT2D eigenvalue weighted by molar-refractivity contribution is 9.10. The van der Waals surface area contributed by atoms with Gasteiger partial charge in [0.25, 0.3) is 0 Å². The van der Waals surface area contributed by atoms with Gasteiger partial charge in [-0.05, 0) is 211 Å². The molecule has 17 rings (SSSR count). The molecule has 0 saturated heterocycles. The molecule has 5 nitrogen and oxygen atoms in total. The number of hydrogen-bond donors (Lipinski definition) is 5. The summed E-state index contributed by atoms with van der Waals surface area (Å²) in [5.41, 5.74) is 5.69. The summed E-state index contributed by atoms with van der Waals surface area (Å²) in [6.45, 7) is 5.44. The Bertz CT molecular complexity index is 5940. The Kier molecular flexibility index (Phi) is 31.6. The van der Waals surface area contributed by atoms with E-state index in [2.05, 4.69) is 164 Å². The molecule has 4 atom stereocenters. The lowest BCUT2D eigenvalue weighted by Gasteiger charge is -2.36. The van der Waals surface area contributed by atoms with Crippen molar-refractivity contribution in [3.8, 4) is 48.8 Å². The molecule has 10 heterocycles. The lowest BCUT2D eigenvalue weighted by Crippen LogP contribution is -2.36. The van der Waals surface area contributed by atoms with Crippen molar-refractivity contribution in [2.45, 2.75) is 80.1 Å². The van der Waals surface area contributed by atoms with Gasteiger partial charge in [-0.2, -0.15) is 13.2 Å². The van der Waals surface area contributed by atoms with E-state index in [1.54, 1.807) is 115 Å². The Morgan fingerprint density at radius 1 is 0.331 bits per heavy atom. The largest absolute Gasteiger partial charge is 0.416 e. The van der Waals surface area contributed by atoms with Crippen molar-refractivity contribution in [1.82, 2.24) is 0 Å². The predicted molar refractivity (Wildman–Crippen MR) is 525 cm³/mol. The molecular formula is C100H84Br3F3O5S10. The second-order valence-electron chi connectivity index (χ2n) is 29.1. The summed E-state index contributed by atoms with van der Waals surface area (Å²) in [4.78, 5) is 11.4. The van der Waals surface area contributed by atoms with Gasteiger partial charge in [0.05, 0.1) is 46.8 Å². The average Bonchev–Trinajstić information content (AvgIpc) is 1.56. The summed E-state index contributed by atoms with van der Waals surface area (Å²) >= 11 is 27.3. The van der Waals surface area contributed by atoms with Crippen LogP contribution < -0.4 is 0 Å². The second kappa shape index (κ2) is 42.2. The van der Waals surface area contributed by atoms with Crippen LogP contribution in [0.4, 0.5) is 13.2 Å². The minimum atomic E-state index is -4.38. The van der Waals surface area contributed by atoms with Gasteiger partial charge in [0.1, 0.15) is 11.2 Å². The Hall–Kier alpha value is -7.95. The van der Waals surface area contributed by atoms with Gasteiger partial charge in [0, 0.05) is 91.7 Å². The average molecular weight is 1980 g/mol. The molecule has 5 N–H and O–H groups in total. The number of benzene rings is 7. The van der Waals surface area contributed by atoms with Crippen LogP contribution >= 0.6 is 161 Å². The maximum Gasteiger partial charge on any atom is 0.416 e. The van der Waals surface area contributed by atoms with Crippen molar-refractivity contribution in [2.24, 2.45) is 0 Å². The van der Waals surface area contributed by atoms with Gasteiger partial charge in [0.2, 0.25) is 0 Å². The Labute approximate surface area is 770 Å². The van der Waals surface area contributed by atoms with E-state index in [4.69, 9.17) is 0 Å². The zero-order chi connectivity index (χ0) is 85.0. The summed E-state index contributed by atoms with van der Waals surface area (Å²) in [6, 6.07) is 92.5. The van der Waals surface area contributed by atoms with Crippen LogP contribution in [-0.2, 0) is 53.4 Å². The zero-order valence-corrected chi connectivity index (χ0v) is 78.6. The topological polar surface area (TPSA) is 101 Å². The molecule has 121 heavy (non-hydrogen) atoms. The summed E-state index contributed by atoms with van der Waals surface area (Å²) in [5, 5.41) is 77.6. The van der Waals surface area contributed by atoms with E-state index < -0.39 is 39.7 Å². The molecule has 0 aliphatic carbocycles. The lowest BCUT2D eigenvalue weighted by molar-refractivity contribution is -0.137. The van der Waals surface area contributed by atoms with Crippen molar-refractivity contribution in [2.75, 3.05) is 5.33 Å². The Morgan fingerprint density at radius 2 is 0.669 bits per heavy atom. The summed E-state index contributed by atoms with van der Waals surface area (Å²) in [6.07, 6.45) is 4.63. The fraction of sp³-hybridized carbons (Fsp3) is 0.140. The predicted octanol–water partition coefficient (Wildman–Crippen LogP) is 31.3. The van der Waals surface area contributed by atoms with Crippen molar-refractivity contribution in [3.63, 3.8) is 0 Å². The first-order valence-electron chi connectivity index (χ1n) is 38.4. The monoisotopic (exact) mass is 1980 g/mol. The Balaban J connectivity index is 0.000000131. The van der Waals surface area contributed by atoms with Crippen LogP contribution in [0.5, 0.6) is 0 Å². The van der Waals surface area contributed by atoms with Gasteiger partial charge in [-0.1, -0.05) is 260 Å². The fourth-order valence-electron chi connectivity index (χ4n) is 14.2. The minimum absolute atomic E-state index is 0.117. The van der Waals surface area contributed by atoms with Crippen molar-refractivity contribution in [1.29, 1.82) is 0 Å². The number of aliphatic hydroxyl groups is 5. The zero-order valence-electron chi connectivity index (χ0n) is 65.7. The molecular weight excluding hydrogens is 1900 g/mol. The molecule has 21 heteroatoms. The van der Waals surface area contributed by atoms with Gasteiger partial charge in [-0.15, -0.1) is 113 Å². The molecule has 7 aromatic carbocycles. The maximum absolute atomic E-state index is 12.9. The number of rotatable bonds is 24. The van der Waals surface area contributed by atoms with Crippen LogP contribution in [0.1, 0.15) is 99.0 Å². The van der Waals surface area contributed by atoms with Crippen molar-refractivity contribution < 1.29 is 38.7 Å². The minimum Gasteiger partial charge on any atom is -0.385 e. The molecule has 0 aliphatic heterocycles. The van der Waals surface area contributed by atoms with Gasteiger partial charge in [-0.25, -0.2) is 0 Å². The number of alkyl halides is 4. The van der Waals surface area contributed by atoms with E-state index in [-0.39, 0.29) is 12.3 Å². The van der Waals surface area contributed by atoms with Gasteiger partial charge >= 0.3 is 6.18 Å². The molecule has 0 saturated carbocycles. The van der Waals surface area contributed by atoms with Crippen LogP contribution in [0.15, 0.2) is 360 Å². The Morgan fingerprint density at radius 3 is 1.04 bits per heavy atom. The standard InChI is InChI=1S/C25H20OS2.C23H19BrOS2.C18H15F3OS2.2C17H15BrOS2/c26-25(16-13-20-8-3-1-4-9-20,17-14-21-10-5-2-6-11-21)22-15-19-28-24(22)23-12-7-18-27-23;24-16-23(25,19-13-15-27-22(19)20-12-7-14-26-20)21(17-8-3-1-4-9-17)18-10-5-2-6-11-18;1-17(22,11-12-4-2-5-13(10-12)18(19,20)21)14-7-9-24-16(14)15-6-3-8-23-15;1-17(19,11-12-4-2-5-13(18)10-12)14-7-9-21-16(14)15-6-3-8-20-15;1-17(19,11-12-5-2-3-6-14(12)18)13-8-10-21-16(13)15-7-4-9-20-15/h1-19,26H;1-15,21,25H,16H2;2-10,22H,11H2,1H3;2*2-10,19H,11H2,1H3/b16-13+,17-14+;;;;. The van der Waals surface area contributed by atoms with Crippen molar-refractivity contribution >= 4 is 173 Å². The van der Waals surface area contributed by atoms with Crippen LogP contribution in [0.2, 0.25) is 0 Å². The number of thiophene rings is 10. The van der Waals surface area contributed by atoms with E-state index in [0.29, 0.717) is 23.7 Å². The fourth-order valence-corrected chi connectivity index (χ4v) is 25.1. The third kappa shape index (κ3) is 23.5. The van der Waals surface area contributed by atoms with E-state index >= 15 is 0 Å². The molecule has 10 aromatic heterocycles. The number of halogens is 6. The lowest BCUT2D eigenvalue weighted by atomic mass is 9.74. The highest BCUT2D eigenvalue weighted by Crippen LogP contribution is 2.50. The summed E-state index contributed by atoms with van der Waals surface area (Å²) in [7, 11) is 0. The third-order valence-electron chi connectivity index (χ3n) is 20.0. The van der Waals surface area contributed by atoms with E-state index in [9.17, 15) is 38.7 Å². The van der Waals surface area contributed by atoms with Gasteiger partial charge < -0.3 is 25.5 Å². The molecule has 17 aromatic rings. The molecule has 616 valence electrons. The van der Waals surface area contributed by atoms with Crippen LogP contribution in [-0.4, -0.2) is 30.9 Å². The van der Waals surface area contributed by atoms with Crippen molar-refractivity contribution in [3.05, 3.63) is 432 Å². The molecule has 4 unspecified atom stereocenters. The molecule has 0 aliphatic rings. The van der Waals surface area contributed by atoms with E-state index in [0.717, 1.165) is 102 Å². The first-order chi connectivity index (χ1) is 58.4. The first kappa shape index (κ1) is 90.8. The highest BCUT2D eigenvalue weighted by atomic mass is 79.9. The first-order valence-corrected chi connectivity index (χ1v) is 49.9. The molecule has 0 fully saturated rings. The van der Waals surface area contributed by atoms with E-state index in [1.165, 1.54) is 46.7 Å². The summed E-state index contributed by atoms with van der Waals surface area (Å²) in [5.74, 6) is -0.174. The van der Waals surface area contributed by atoms with Crippen LogP contribution in [0.3, 0.4) is 0 Å². The smallest absolute Gasteiger partial charge is 0.385 e. The molecule has 0 spiro atoms. The molecule has 0 radical (unpaired) electrons. The van der Waals surface area contributed by atoms with Crippen LogP contribution in [0.25, 0.3) is 60.9 Å². The van der Waals surface area contributed by atoms with Gasteiger partial charge in [-0.3, -0.25) is 0 Å². The maximum atomic E-state index is 12.9. The second-order valence-corrected chi connectivity index (χ2v) is 40.8.